The Morgan fingerprint density at radius 1 is 1.19 bits per heavy atom. The van der Waals surface area contributed by atoms with Gasteiger partial charge in [-0.25, -0.2) is 0 Å². The number of amides is 1. The fourth-order valence-electron chi connectivity index (χ4n) is 2.29. The summed E-state index contributed by atoms with van der Waals surface area (Å²) in [6, 6.07) is 3.92. The number of carbonyl (C=O) groups is 1. The van der Waals surface area contributed by atoms with Crippen LogP contribution in [-0.2, 0) is 18.9 Å². The molecule has 0 aliphatic heterocycles. The summed E-state index contributed by atoms with van der Waals surface area (Å²) >= 11 is 5.63. The predicted octanol–water partition coefficient (Wildman–Crippen LogP) is 4.70. The average Bonchev–Trinajstić information content (AvgIpc) is 2.86. The van der Waals surface area contributed by atoms with E-state index in [1.54, 1.807) is 0 Å². The minimum absolute atomic E-state index is 0.0351. The van der Waals surface area contributed by atoms with E-state index in [2.05, 4.69) is 10.4 Å². The summed E-state index contributed by atoms with van der Waals surface area (Å²) < 4.78 is 77.2. The first-order chi connectivity index (χ1) is 12.4. The largest absolute Gasteiger partial charge is 0.436 e. The molecule has 0 saturated heterocycles. The van der Waals surface area contributed by atoms with Crippen molar-refractivity contribution < 1.29 is 31.1 Å². The molecule has 0 radical (unpaired) electrons. The molecule has 0 spiro atoms. The van der Waals surface area contributed by atoms with Crippen molar-refractivity contribution in [3.63, 3.8) is 0 Å². The summed E-state index contributed by atoms with van der Waals surface area (Å²) in [5, 5.41) is 5.34. The fourth-order valence-corrected chi connectivity index (χ4v) is 2.54. The Labute approximate surface area is 155 Å². The monoisotopic (exact) mass is 413 g/mol. The molecule has 0 unspecified atom stereocenters. The minimum Gasteiger partial charge on any atom is -0.352 e. The average molecular weight is 414 g/mol. The Balaban J connectivity index is 1.93. The molecule has 0 saturated carbocycles. The van der Waals surface area contributed by atoms with Gasteiger partial charge >= 0.3 is 12.4 Å². The predicted molar refractivity (Wildman–Crippen MR) is 85.4 cm³/mol. The molecule has 0 atom stereocenters. The van der Waals surface area contributed by atoms with Crippen molar-refractivity contribution in [1.29, 1.82) is 0 Å². The molecule has 2 rings (SSSR count). The second kappa shape index (κ2) is 7.79. The van der Waals surface area contributed by atoms with Gasteiger partial charge in [0.2, 0.25) is 0 Å². The van der Waals surface area contributed by atoms with E-state index in [1.807, 2.05) is 0 Å². The molecule has 1 aromatic heterocycles. The minimum atomic E-state index is -4.68. The van der Waals surface area contributed by atoms with Crippen LogP contribution in [0.1, 0.15) is 33.7 Å². The van der Waals surface area contributed by atoms with E-state index in [-0.39, 0.29) is 30.8 Å². The molecule has 0 aliphatic carbocycles. The molecule has 1 amide bonds. The highest BCUT2D eigenvalue weighted by Crippen LogP contribution is 2.35. The highest BCUT2D eigenvalue weighted by molar-refractivity contribution is 6.31. The normalized spacial score (nSPS) is 12.3. The van der Waals surface area contributed by atoms with Gasteiger partial charge in [-0.15, -0.1) is 0 Å². The lowest BCUT2D eigenvalue weighted by atomic mass is 10.1. The number of hydrogen-bond donors (Lipinski definition) is 1. The maximum atomic E-state index is 12.7. The third-order valence-electron chi connectivity index (χ3n) is 3.69. The van der Waals surface area contributed by atoms with Crippen molar-refractivity contribution >= 4 is 17.5 Å². The molecule has 27 heavy (non-hydrogen) atoms. The lowest BCUT2D eigenvalue weighted by Crippen LogP contribution is -2.26. The maximum Gasteiger partial charge on any atom is 0.436 e. The molecule has 0 bridgehead atoms. The number of halogens is 7. The molecular weight excluding hydrogens is 400 g/mol. The molecule has 2 aromatic rings. The number of alkyl halides is 6. The van der Waals surface area contributed by atoms with Crippen LogP contribution in [0.4, 0.5) is 26.3 Å². The SMILES string of the molecule is Cc1c(Cl)c(C(F)(F)F)nn1CCCNC(=O)c1cccc(C(F)(F)F)c1. The van der Waals surface area contributed by atoms with Gasteiger partial charge in [0.15, 0.2) is 5.69 Å². The second-order valence-electron chi connectivity index (χ2n) is 5.66. The van der Waals surface area contributed by atoms with Crippen molar-refractivity contribution in [1.82, 2.24) is 15.1 Å². The van der Waals surface area contributed by atoms with Gasteiger partial charge < -0.3 is 5.32 Å². The summed E-state index contributed by atoms with van der Waals surface area (Å²) in [6.07, 6.45) is -9.03. The molecule has 4 nitrogen and oxygen atoms in total. The highest BCUT2D eigenvalue weighted by atomic mass is 35.5. The van der Waals surface area contributed by atoms with Gasteiger partial charge in [-0.05, 0) is 31.5 Å². The second-order valence-corrected chi connectivity index (χ2v) is 6.03. The first-order valence-electron chi connectivity index (χ1n) is 7.67. The van der Waals surface area contributed by atoms with Gasteiger partial charge in [-0.2, -0.15) is 31.4 Å². The van der Waals surface area contributed by atoms with E-state index in [0.29, 0.717) is 0 Å². The Hall–Kier alpha value is -2.23. The van der Waals surface area contributed by atoms with Crippen LogP contribution in [0.15, 0.2) is 24.3 Å². The van der Waals surface area contributed by atoms with Crippen LogP contribution in [0.3, 0.4) is 0 Å². The Morgan fingerprint density at radius 2 is 1.85 bits per heavy atom. The summed E-state index contributed by atoms with van der Waals surface area (Å²) in [4.78, 5) is 11.9. The van der Waals surface area contributed by atoms with Gasteiger partial charge in [0.05, 0.1) is 16.3 Å². The Kier molecular flexibility index (Phi) is 6.08. The van der Waals surface area contributed by atoms with Crippen LogP contribution in [0.2, 0.25) is 5.02 Å². The number of benzene rings is 1. The number of nitrogens with zero attached hydrogens (tertiary/aromatic N) is 2. The van der Waals surface area contributed by atoms with E-state index in [0.717, 1.165) is 22.9 Å². The number of aryl methyl sites for hydroxylation is 1. The van der Waals surface area contributed by atoms with Crippen molar-refractivity contribution in [2.75, 3.05) is 6.54 Å². The third-order valence-corrected chi connectivity index (χ3v) is 4.14. The standard InChI is InChI=1S/C16H14ClF6N3O/c1-9-12(17)13(16(21,22)23)25-26(9)7-3-6-24-14(27)10-4-2-5-11(8-10)15(18,19)20/h2,4-5,8H,3,6-7H2,1H3,(H,24,27). The molecule has 1 heterocycles. The number of nitrogens with one attached hydrogen (secondary N) is 1. The van der Waals surface area contributed by atoms with Crippen molar-refractivity contribution in [2.45, 2.75) is 32.2 Å². The highest BCUT2D eigenvalue weighted by Gasteiger charge is 2.38. The molecule has 0 aliphatic rings. The van der Waals surface area contributed by atoms with Gasteiger partial charge in [-0.3, -0.25) is 9.48 Å². The maximum absolute atomic E-state index is 12.7. The van der Waals surface area contributed by atoms with Gasteiger partial charge in [0, 0.05) is 18.7 Å². The topological polar surface area (TPSA) is 46.9 Å². The van der Waals surface area contributed by atoms with Crippen LogP contribution in [0.5, 0.6) is 0 Å². The molecule has 1 aromatic carbocycles. The van der Waals surface area contributed by atoms with E-state index in [9.17, 15) is 31.1 Å². The lowest BCUT2D eigenvalue weighted by Gasteiger charge is -2.09. The van der Waals surface area contributed by atoms with Gasteiger partial charge in [0.25, 0.3) is 5.91 Å². The van der Waals surface area contributed by atoms with E-state index < -0.39 is 34.5 Å². The summed E-state index contributed by atoms with van der Waals surface area (Å²) in [5.41, 5.74) is -2.16. The molecule has 11 heteroatoms. The smallest absolute Gasteiger partial charge is 0.352 e. The lowest BCUT2D eigenvalue weighted by molar-refractivity contribution is -0.141. The molecule has 0 fully saturated rings. The third kappa shape index (κ3) is 5.15. The Bertz CT molecular complexity index is 829. The summed E-state index contributed by atoms with van der Waals surface area (Å²) in [7, 11) is 0. The van der Waals surface area contributed by atoms with Crippen LogP contribution in [-0.4, -0.2) is 22.2 Å². The van der Waals surface area contributed by atoms with Crippen molar-refractivity contribution in [2.24, 2.45) is 0 Å². The van der Waals surface area contributed by atoms with Crippen LogP contribution in [0, 0.1) is 6.92 Å². The van der Waals surface area contributed by atoms with Crippen LogP contribution in [0.25, 0.3) is 0 Å². The fraction of sp³-hybridized carbons (Fsp3) is 0.375. The molecular formula is C16H14ClF6N3O. The zero-order valence-corrected chi connectivity index (χ0v) is 14.6. The van der Waals surface area contributed by atoms with E-state index in [4.69, 9.17) is 11.6 Å². The van der Waals surface area contributed by atoms with Gasteiger partial charge in [-0.1, -0.05) is 17.7 Å². The molecule has 148 valence electrons. The van der Waals surface area contributed by atoms with Crippen LogP contribution < -0.4 is 5.32 Å². The van der Waals surface area contributed by atoms with Crippen LogP contribution >= 0.6 is 11.6 Å². The number of carbonyl (C=O) groups excluding carboxylic acids is 1. The van der Waals surface area contributed by atoms with E-state index in [1.165, 1.54) is 13.0 Å². The first-order valence-corrected chi connectivity index (χ1v) is 8.04. The number of rotatable bonds is 5. The molecule has 1 N–H and O–H groups in total. The van der Waals surface area contributed by atoms with E-state index >= 15 is 0 Å². The Morgan fingerprint density at radius 3 is 2.41 bits per heavy atom. The van der Waals surface area contributed by atoms with Crippen molar-refractivity contribution in [3.05, 3.63) is 51.8 Å². The van der Waals surface area contributed by atoms with Crippen molar-refractivity contribution in [3.8, 4) is 0 Å². The summed E-state index contributed by atoms with van der Waals surface area (Å²) in [5.74, 6) is -0.715. The quantitative estimate of drug-likeness (QED) is 0.570. The summed E-state index contributed by atoms with van der Waals surface area (Å²) in [6.45, 7) is 1.46. The zero-order chi connectivity index (χ0) is 20.4. The zero-order valence-electron chi connectivity index (χ0n) is 13.9. The number of hydrogen-bond acceptors (Lipinski definition) is 2. The first kappa shape index (κ1) is 21.1. The number of aromatic nitrogens is 2. The van der Waals surface area contributed by atoms with Gasteiger partial charge in [0.1, 0.15) is 0 Å².